The van der Waals surface area contributed by atoms with Gasteiger partial charge in [0, 0.05) is 37.4 Å². The number of aromatic amines is 1. The van der Waals surface area contributed by atoms with Gasteiger partial charge in [-0.15, -0.1) is 0 Å². The van der Waals surface area contributed by atoms with Crippen LogP contribution >= 0.6 is 0 Å². The second kappa shape index (κ2) is 7.16. The van der Waals surface area contributed by atoms with E-state index in [4.69, 9.17) is 20.6 Å². The summed E-state index contributed by atoms with van der Waals surface area (Å²) in [6.07, 6.45) is 6.00. The van der Waals surface area contributed by atoms with E-state index in [1.165, 1.54) is 0 Å². The van der Waals surface area contributed by atoms with Gasteiger partial charge in [-0.2, -0.15) is 5.10 Å². The molecule has 0 radical (unpaired) electrons. The van der Waals surface area contributed by atoms with Crippen LogP contribution in [-0.2, 0) is 11.2 Å². The number of aromatic nitrogens is 5. The number of rotatable bonds is 5. The van der Waals surface area contributed by atoms with Gasteiger partial charge in [-0.25, -0.2) is 14.6 Å². The number of ether oxygens (including phenoxy) is 1. The number of hydrogen-bond acceptors (Lipinski definition) is 5. The molecule has 2 aromatic heterocycles. The molecule has 1 aliphatic heterocycles. The van der Waals surface area contributed by atoms with Gasteiger partial charge in [0.1, 0.15) is 5.82 Å². The summed E-state index contributed by atoms with van der Waals surface area (Å²) in [6, 6.07) is 9.76. The van der Waals surface area contributed by atoms with Crippen molar-refractivity contribution in [1.29, 1.82) is 0 Å². The van der Waals surface area contributed by atoms with Crippen LogP contribution in [0.3, 0.4) is 0 Å². The van der Waals surface area contributed by atoms with E-state index in [0.29, 0.717) is 12.3 Å². The fourth-order valence-electron chi connectivity index (χ4n) is 3.19. The van der Waals surface area contributed by atoms with Gasteiger partial charge in [0.25, 0.3) is 0 Å². The number of nitrogens with zero attached hydrogens (tertiary/aromatic N) is 4. The van der Waals surface area contributed by atoms with E-state index in [-0.39, 0.29) is 6.04 Å². The van der Waals surface area contributed by atoms with Crippen LogP contribution in [0.15, 0.2) is 42.9 Å². The van der Waals surface area contributed by atoms with E-state index in [2.05, 4.69) is 9.97 Å². The smallest absolute Gasteiger partial charge is 0.154 e. The van der Waals surface area contributed by atoms with E-state index in [9.17, 15) is 0 Å². The molecule has 1 aromatic carbocycles. The second-order valence-electron chi connectivity index (χ2n) is 6.35. The van der Waals surface area contributed by atoms with E-state index >= 15 is 0 Å². The molecule has 0 aliphatic carbocycles. The predicted octanol–water partition coefficient (Wildman–Crippen LogP) is 2.13. The van der Waals surface area contributed by atoms with Crippen molar-refractivity contribution in [2.24, 2.45) is 5.73 Å². The molecule has 1 aliphatic rings. The molecular formula is C18H22N6O. The average molecular weight is 338 g/mol. The van der Waals surface area contributed by atoms with Crippen LogP contribution in [-0.4, -0.2) is 37.9 Å². The van der Waals surface area contributed by atoms with Gasteiger partial charge in [-0.1, -0.05) is 18.2 Å². The highest BCUT2D eigenvalue weighted by Crippen LogP contribution is 2.27. The lowest BCUT2D eigenvalue weighted by Gasteiger charge is -2.18. The van der Waals surface area contributed by atoms with Crippen molar-refractivity contribution in [3.8, 4) is 5.69 Å². The zero-order valence-electron chi connectivity index (χ0n) is 14.0. The number of para-hydroxylation sites is 1. The first kappa shape index (κ1) is 16.0. The number of H-pyrrole nitrogens is 1. The van der Waals surface area contributed by atoms with E-state index < -0.39 is 0 Å². The van der Waals surface area contributed by atoms with Crippen LogP contribution in [0.1, 0.15) is 42.1 Å². The third kappa shape index (κ3) is 3.47. The Hall–Kier alpha value is -2.51. The maximum atomic E-state index is 6.47. The Balaban J connectivity index is 1.68. The number of nitrogens with one attached hydrogen (secondary N) is 1. The molecule has 7 heteroatoms. The van der Waals surface area contributed by atoms with Crippen molar-refractivity contribution in [3.63, 3.8) is 0 Å². The first-order chi connectivity index (χ1) is 12.3. The molecule has 1 saturated heterocycles. The fraction of sp³-hybridized carbons (Fsp3) is 0.389. The lowest BCUT2D eigenvalue weighted by Crippen LogP contribution is -2.19. The quantitative estimate of drug-likeness (QED) is 0.743. The van der Waals surface area contributed by atoms with Crippen LogP contribution in [0.25, 0.3) is 5.69 Å². The van der Waals surface area contributed by atoms with Crippen LogP contribution in [0, 0.1) is 0 Å². The van der Waals surface area contributed by atoms with Crippen molar-refractivity contribution in [3.05, 3.63) is 60.2 Å². The molecule has 4 rings (SSSR count). The monoisotopic (exact) mass is 338 g/mol. The Morgan fingerprint density at radius 2 is 2.04 bits per heavy atom. The third-order valence-corrected chi connectivity index (χ3v) is 4.56. The number of benzene rings is 1. The normalized spacial score (nSPS) is 16.8. The SMILES string of the molecule is N[C@@H](Cc1cnc[nH]1)c1nc(C2CCOCC2)nn1-c1ccccc1. The number of imidazole rings is 1. The molecule has 1 fully saturated rings. The number of hydrogen-bond donors (Lipinski definition) is 2. The summed E-state index contributed by atoms with van der Waals surface area (Å²) >= 11 is 0. The first-order valence-corrected chi connectivity index (χ1v) is 8.64. The highest BCUT2D eigenvalue weighted by molar-refractivity contribution is 5.32. The molecule has 3 heterocycles. The fourth-order valence-corrected chi connectivity index (χ4v) is 3.19. The summed E-state index contributed by atoms with van der Waals surface area (Å²) in [5.74, 6) is 1.97. The predicted molar refractivity (Wildman–Crippen MR) is 93.4 cm³/mol. The second-order valence-corrected chi connectivity index (χ2v) is 6.35. The highest BCUT2D eigenvalue weighted by atomic mass is 16.5. The first-order valence-electron chi connectivity index (χ1n) is 8.64. The maximum Gasteiger partial charge on any atom is 0.154 e. The van der Waals surface area contributed by atoms with Crippen LogP contribution in [0.4, 0.5) is 0 Å². The van der Waals surface area contributed by atoms with Gasteiger partial charge in [-0.3, -0.25) is 0 Å². The van der Waals surface area contributed by atoms with Crippen molar-refractivity contribution in [2.75, 3.05) is 13.2 Å². The van der Waals surface area contributed by atoms with Crippen LogP contribution < -0.4 is 5.73 Å². The molecule has 3 N–H and O–H groups in total. The third-order valence-electron chi connectivity index (χ3n) is 4.56. The van der Waals surface area contributed by atoms with E-state index in [0.717, 1.165) is 49.1 Å². The Bertz CT molecular complexity index is 792. The van der Waals surface area contributed by atoms with E-state index in [1.54, 1.807) is 12.5 Å². The summed E-state index contributed by atoms with van der Waals surface area (Å²) in [5, 5.41) is 4.80. The minimum absolute atomic E-state index is 0.262. The summed E-state index contributed by atoms with van der Waals surface area (Å²) in [4.78, 5) is 12.0. The van der Waals surface area contributed by atoms with Gasteiger partial charge in [0.05, 0.1) is 18.1 Å². The van der Waals surface area contributed by atoms with Gasteiger partial charge in [0.2, 0.25) is 0 Å². The number of nitrogens with two attached hydrogens (primary N) is 1. The Morgan fingerprint density at radius 1 is 1.24 bits per heavy atom. The van der Waals surface area contributed by atoms with Gasteiger partial charge < -0.3 is 15.5 Å². The molecule has 0 amide bonds. The van der Waals surface area contributed by atoms with Crippen LogP contribution in [0.5, 0.6) is 0 Å². The maximum absolute atomic E-state index is 6.47. The summed E-state index contributed by atoms with van der Waals surface area (Å²) in [7, 11) is 0. The van der Waals surface area contributed by atoms with Crippen molar-refractivity contribution in [1.82, 2.24) is 24.7 Å². The molecule has 0 spiro atoms. The zero-order valence-corrected chi connectivity index (χ0v) is 14.0. The molecule has 130 valence electrons. The van der Waals surface area contributed by atoms with E-state index in [1.807, 2.05) is 35.0 Å². The van der Waals surface area contributed by atoms with Crippen molar-refractivity contribution < 1.29 is 4.74 Å². The summed E-state index contributed by atoms with van der Waals surface area (Å²) < 4.78 is 7.34. The zero-order chi connectivity index (χ0) is 17.1. The molecule has 0 bridgehead atoms. The molecule has 0 unspecified atom stereocenters. The van der Waals surface area contributed by atoms with Crippen molar-refractivity contribution in [2.45, 2.75) is 31.2 Å². The highest BCUT2D eigenvalue weighted by Gasteiger charge is 2.25. The lowest BCUT2D eigenvalue weighted by atomic mass is 10.00. The van der Waals surface area contributed by atoms with Gasteiger partial charge in [0.15, 0.2) is 5.82 Å². The minimum Gasteiger partial charge on any atom is -0.381 e. The molecular weight excluding hydrogens is 316 g/mol. The van der Waals surface area contributed by atoms with Crippen LogP contribution in [0.2, 0.25) is 0 Å². The van der Waals surface area contributed by atoms with Gasteiger partial charge >= 0.3 is 0 Å². The standard InChI is InChI=1S/C18H22N6O/c19-16(10-14-11-20-12-21-14)18-22-17(13-6-8-25-9-7-13)23-24(18)15-4-2-1-3-5-15/h1-5,11-13,16H,6-10,19H2,(H,20,21)/t16-/m0/s1. The molecule has 1 atom stereocenters. The van der Waals surface area contributed by atoms with Gasteiger partial charge in [-0.05, 0) is 25.0 Å². The topological polar surface area (TPSA) is 94.6 Å². The Morgan fingerprint density at radius 3 is 2.76 bits per heavy atom. The Labute approximate surface area is 146 Å². The Kier molecular flexibility index (Phi) is 4.58. The molecule has 0 saturated carbocycles. The molecule has 3 aromatic rings. The lowest BCUT2D eigenvalue weighted by molar-refractivity contribution is 0.0836. The summed E-state index contributed by atoms with van der Waals surface area (Å²) in [6.45, 7) is 1.53. The summed E-state index contributed by atoms with van der Waals surface area (Å²) in [5.41, 5.74) is 8.44. The average Bonchev–Trinajstić information content (AvgIpc) is 3.33. The minimum atomic E-state index is -0.262. The molecule has 7 nitrogen and oxygen atoms in total. The van der Waals surface area contributed by atoms with Crippen molar-refractivity contribution >= 4 is 0 Å². The largest absolute Gasteiger partial charge is 0.381 e. The molecule has 25 heavy (non-hydrogen) atoms.